The van der Waals surface area contributed by atoms with Crippen molar-refractivity contribution in [3.63, 3.8) is 0 Å². The number of ether oxygens (including phenoxy) is 3. The Labute approximate surface area is 173 Å². The largest absolute Gasteiger partial charge is 0.455 e. The number of nitrogens with one attached hydrogen (secondary N) is 2. The molecule has 1 heterocycles. The summed E-state index contributed by atoms with van der Waals surface area (Å²) in [6.07, 6.45) is 1.40. The molecule has 1 amide bonds. The number of benzene rings is 2. The van der Waals surface area contributed by atoms with Crippen LogP contribution in [0, 0.1) is 0 Å². The predicted octanol–water partition coefficient (Wildman–Crippen LogP) is 1.16. The summed E-state index contributed by atoms with van der Waals surface area (Å²) >= 11 is 0. The van der Waals surface area contributed by atoms with Crippen molar-refractivity contribution in [2.45, 2.75) is 6.54 Å². The summed E-state index contributed by atoms with van der Waals surface area (Å²) in [5, 5.41) is 3.55. The molecule has 0 fully saturated rings. The third-order valence-corrected chi connectivity index (χ3v) is 4.99. The maximum absolute atomic E-state index is 11.9. The molecule has 2 aromatic carbocycles. The zero-order valence-corrected chi connectivity index (χ0v) is 16.7. The minimum absolute atomic E-state index is 0.160. The van der Waals surface area contributed by atoms with Crippen molar-refractivity contribution in [1.82, 2.24) is 10.0 Å². The summed E-state index contributed by atoms with van der Waals surface area (Å²) in [5.41, 5.74) is 1.49. The van der Waals surface area contributed by atoms with Gasteiger partial charge in [-0.1, -0.05) is 36.4 Å². The van der Waals surface area contributed by atoms with Gasteiger partial charge in [0.1, 0.15) is 6.54 Å². The molecule has 1 aliphatic heterocycles. The van der Waals surface area contributed by atoms with Crippen LogP contribution in [-0.2, 0) is 30.9 Å². The first-order chi connectivity index (χ1) is 14.4. The van der Waals surface area contributed by atoms with Crippen LogP contribution in [0.3, 0.4) is 0 Å². The van der Waals surface area contributed by atoms with Crippen LogP contribution in [0.1, 0.15) is 11.1 Å². The topological polar surface area (TPSA) is 120 Å². The minimum atomic E-state index is -3.82. The van der Waals surface area contributed by atoms with Crippen LogP contribution < -0.4 is 19.5 Å². The fraction of sp³-hybridized carbons (Fsp3) is 0.200. The van der Waals surface area contributed by atoms with E-state index in [2.05, 4.69) is 10.0 Å². The van der Waals surface area contributed by atoms with Gasteiger partial charge in [0, 0.05) is 12.0 Å². The number of sulfonamides is 1. The monoisotopic (exact) mass is 432 g/mol. The first-order valence-electron chi connectivity index (χ1n) is 8.95. The van der Waals surface area contributed by atoms with Gasteiger partial charge in [-0.15, -0.1) is 0 Å². The van der Waals surface area contributed by atoms with Gasteiger partial charge in [-0.25, -0.2) is 13.1 Å². The Bertz CT molecular complexity index is 1040. The number of esters is 1. The standard InChI is InChI=1S/C20H20N2O7S/c23-19(21-11-16-6-7-17-18(10-16)29-14-28-17)13-27-20(24)12-22-30(25,26)9-8-15-4-2-1-3-5-15/h1-10,22H,11-14H2,(H,21,23). The Kier molecular flexibility index (Phi) is 7.04. The molecule has 0 saturated heterocycles. The number of amides is 1. The third kappa shape index (κ3) is 6.61. The fourth-order valence-electron chi connectivity index (χ4n) is 2.44. The summed E-state index contributed by atoms with van der Waals surface area (Å²) in [7, 11) is -3.82. The predicted molar refractivity (Wildman–Crippen MR) is 108 cm³/mol. The van der Waals surface area contributed by atoms with E-state index in [1.807, 2.05) is 6.07 Å². The molecule has 0 unspecified atom stereocenters. The first-order valence-corrected chi connectivity index (χ1v) is 10.5. The molecule has 158 valence electrons. The number of carbonyl (C=O) groups is 2. The average Bonchev–Trinajstić information content (AvgIpc) is 3.22. The highest BCUT2D eigenvalue weighted by Crippen LogP contribution is 2.32. The molecule has 0 aromatic heterocycles. The molecular weight excluding hydrogens is 412 g/mol. The van der Waals surface area contributed by atoms with Crippen LogP contribution in [0.15, 0.2) is 53.9 Å². The van der Waals surface area contributed by atoms with E-state index in [0.29, 0.717) is 17.1 Å². The molecule has 3 rings (SSSR count). The van der Waals surface area contributed by atoms with Crippen molar-refractivity contribution >= 4 is 28.0 Å². The number of hydrogen-bond acceptors (Lipinski definition) is 7. The summed E-state index contributed by atoms with van der Waals surface area (Å²) in [6, 6.07) is 14.1. The molecule has 10 heteroatoms. The summed E-state index contributed by atoms with van der Waals surface area (Å²) in [4.78, 5) is 23.5. The lowest BCUT2D eigenvalue weighted by Gasteiger charge is -2.08. The van der Waals surface area contributed by atoms with Gasteiger partial charge < -0.3 is 19.5 Å². The van der Waals surface area contributed by atoms with Crippen LogP contribution in [0.25, 0.3) is 6.08 Å². The molecule has 0 bridgehead atoms. The van der Waals surface area contributed by atoms with E-state index in [9.17, 15) is 18.0 Å². The second kappa shape index (κ2) is 9.90. The highest BCUT2D eigenvalue weighted by Gasteiger charge is 2.14. The average molecular weight is 432 g/mol. The van der Waals surface area contributed by atoms with Crippen LogP contribution in [-0.4, -0.2) is 40.2 Å². The SMILES string of the molecule is O=C(COC(=O)CNS(=O)(=O)C=Cc1ccccc1)NCc1ccc2c(c1)OCO2. The zero-order chi connectivity index (χ0) is 21.4. The van der Waals surface area contributed by atoms with Gasteiger partial charge in [0.25, 0.3) is 5.91 Å². The Hall–Kier alpha value is -3.37. The Balaban J connectivity index is 1.36. The summed E-state index contributed by atoms with van der Waals surface area (Å²) in [6.45, 7) is -0.737. The van der Waals surface area contributed by atoms with E-state index in [-0.39, 0.29) is 13.3 Å². The molecular formula is C20H20N2O7S. The van der Waals surface area contributed by atoms with Crippen molar-refractivity contribution in [2.75, 3.05) is 19.9 Å². The van der Waals surface area contributed by atoms with Gasteiger partial charge in [-0.2, -0.15) is 0 Å². The second-order valence-electron chi connectivity index (χ2n) is 6.20. The van der Waals surface area contributed by atoms with Gasteiger partial charge in [0.05, 0.1) is 0 Å². The number of hydrogen-bond donors (Lipinski definition) is 2. The lowest BCUT2D eigenvalue weighted by molar-refractivity contribution is -0.147. The van der Waals surface area contributed by atoms with E-state index < -0.39 is 35.1 Å². The van der Waals surface area contributed by atoms with Gasteiger partial charge in [0.15, 0.2) is 18.1 Å². The quantitative estimate of drug-likeness (QED) is 0.571. The van der Waals surface area contributed by atoms with E-state index >= 15 is 0 Å². The molecule has 0 atom stereocenters. The van der Waals surface area contributed by atoms with Crippen molar-refractivity contribution in [2.24, 2.45) is 0 Å². The summed E-state index contributed by atoms with van der Waals surface area (Å²) < 4.78 is 41.1. The van der Waals surface area contributed by atoms with Gasteiger partial charge in [-0.05, 0) is 29.3 Å². The highest BCUT2D eigenvalue weighted by atomic mass is 32.2. The lowest BCUT2D eigenvalue weighted by Crippen LogP contribution is -2.33. The molecule has 9 nitrogen and oxygen atoms in total. The zero-order valence-electron chi connectivity index (χ0n) is 15.9. The first kappa shape index (κ1) is 21.3. The van der Waals surface area contributed by atoms with Gasteiger partial charge in [0.2, 0.25) is 16.8 Å². The Morgan fingerprint density at radius 2 is 1.83 bits per heavy atom. The van der Waals surface area contributed by atoms with Crippen molar-refractivity contribution in [3.05, 3.63) is 65.1 Å². The molecule has 0 radical (unpaired) electrons. The van der Waals surface area contributed by atoms with Crippen LogP contribution in [0.5, 0.6) is 11.5 Å². The van der Waals surface area contributed by atoms with Crippen molar-refractivity contribution in [3.8, 4) is 11.5 Å². The van der Waals surface area contributed by atoms with Crippen LogP contribution in [0.4, 0.5) is 0 Å². The minimum Gasteiger partial charge on any atom is -0.455 e. The number of fused-ring (bicyclic) bond motifs is 1. The van der Waals surface area contributed by atoms with E-state index in [4.69, 9.17) is 14.2 Å². The van der Waals surface area contributed by atoms with Crippen LogP contribution in [0.2, 0.25) is 0 Å². The van der Waals surface area contributed by atoms with E-state index in [1.165, 1.54) is 6.08 Å². The molecule has 0 aliphatic carbocycles. The second-order valence-corrected chi connectivity index (χ2v) is 7.86. The highest BCUT2D eigenvalue weighted by molar-refractivity contribution is 7.92. The number of carbonyl (C=O) groups excluding carboxylic acids is 2. The molecule has 2 N–H and O–H groups in total. The maximum atomic E-state index is 11.9. The van der Waals surface area contributed by atoms with E-state index in [1.54, 1.807) is 42.5 Å². The molecule has 30 heavy (non-hydrogen) atoms. The fourth-order valence-corrected chi connectivity index (χ4v) is 3.19. The molecule has 0 saturated carbocycles. The van der Waals surface area contributed by atoms with Crippen molar-refractivity contribution in [1.29, 1.82) is 0 Å². The maximum Gasteiger partial charge on any atom is 0.321 e. The Morgan fingerprint density at radius 1 is 1.07 bits per heavy atom. The normalized spacial score (nSPS) is 12.7. The smallest absolute Gasteiger partial charge is 0.321 e. The van der Waals surface area contributed by atoms with E-state index in [0.717, 1.165) is 11.0 Å². The lowest BCUT2D eigenvalue weighted by atomic mass is 10.2. The number of rotatable bonds is 9. The van der Waals surface area contributed by atoms with Gasteiger partial charge >= 0.3 is 5.97 Å². The third-order valence-electron chi connectivity index (χ3n) is 3.95. The van der Waals surface area contributed by atoms with Crippen LogP contribution >= 0.6 is 0 Å². The Morgan fingerprint density at radius 3 is 2.63 bits per heavy atom. The van der Waals surface area contributed by atoms with Gasteiger partial charge in [-0.3, -0.25) is 9.59 Å². The molecule has 2 aromatic rings. The summed E-state index contributed by atoms with van der Waals surface area (Å²) in [5.74, 6) is -0.153. The van der Waals surface area contributed by atoms with Crippen molar-refractivity contribution < 1.29 is 32.2 Å². The molecule has 1 aliphatic rings. The molecule has 0 spiro atoms.